The van der Waals surface area contributed by atoms with Gasteiger partial charge in [0.15, 0.2) is 5.82 Å². The van der Waals surface area contributed by atoms with E-state index < -0.39 is 11.9 Å². The van der Waals surface area contributed by atoms with Crippen molar-refractivity contribution in [3.8, 4) is 11.1 Å². The van der Waals surface area contributed by atoms with Crippen molar-refractivity contribution in [1.29, 1.82) is 0 Å². The normalized spacial score (nSPS) is 10.3. The summed E-state index contributed by atoms with van der Waals surface area (Å²) in [5, 5.41) is 27.0. The van der Waals surface area contributed by atoms with Gasteiger partial charge in [0.2, 0.25) is 0 Å². The minimum absolute atomic E-state index is 0.296. The Labute approximate surface area is 194 Å². The first-order valence-corrected chi connectivity index (χ1v) is 10.3. The van der Waals surface area contributed by atoms with Crippen LogP contribution in [0.15, 0.2) is 67.0 Å². The molecule has 2 heterocycles. The zero-order chi connectivity index (χ0) is 23.8. The Bertz CT molecular complexity index is 1250. The molecular formula is C24H21ClN4O4. The fourth-order valence-electron chi connectivity index (χ4n) is 3.20. The molecule has 0 unspecified atom stereocenters. The van der Waals surface area contributed by atoms with Crippen LogP contribution in [0.1, 0.15) is 24.1 Å². The predicted octanol–water partition coefficient (Wildman–Crippen LogP) is 4.45. The molecule has 0 amide bonds. The number of rotatable bonds is 6. The van der Waals surface area contributed by atoms with Crippen molar-refractivity contribution in [2.24, 2.45) is 0 Å². The molecule has 0 atom stereocenters. The lowest BCUT2D eigenvalue weighted by Gasteiger charge is -2.12. The maximum atomic E-state index is 9.64. The molecule has 0 fully saturated rings. The van der Waals surface area contributed by atoms with E-state index in [-0.39, 0.29) is 12.8 Å². The molecule has 33 heavy (non-hydrogen) atoms. The highest BCUT2D eigenvalue weighted by molar-refractivity contribution is 6.30. The molecule has 4 rings (SSSR count). The van der Waals surface area contributed by atoms with E-state index in [1.807, 2.05) is 48.5 Å². The van der Waals surface area contributed by atoms with E-state index >= 15 is 0 Å². The number of hydrogen-bond acceptors (Lipinski definition) is 6. The molecule has 0 radical (unpaired) electrons. The Morgan fingerprint density at radius 3 is 2.12 bits per heavy atom. The third-order valence-electron chi connectivity index (χ3n) is 4.74. The van der Waals surface area contributed by atoms with Gasteiger partial charge in [-0.3, -0.25) is 14.6 Å². The van der Waals surface area contributed by atoms with Crippen LogP contribution < -0.4 is 5.73 Å². The lowest BCUT2D eigenvalue weighted by atomic mass is 9.95. The van der Waals surface area contributed by atoms with Crippen molar-refractivity contribution in [2.45, 2.75) is 19.3 Å². The van der Waals surface area contributed by atoms with E-state index in [0.717, 1.165) is 33.2 Å². The van der Waals surface area contributed by atoms with Crippen molar-refractivity contribution in [2.75, 3.05) is 5.73 Å². The van der Waals surface area contributed by atoms with Crippen LogP contribution in [-0.4, -0.2) is 37.3 Å². The number of nitrogen functional groups attached to an aromatic ring is 1. The SMILES string of the molecule is Nc1nnc(Cc2ccncc2)c2c(-c3ccc(Cl)cc3)cccc12.O=C(O)CCC(=O)O. The maximum absolute atomic E-state index is 9.64. The quantitative estimate of drug-likeness (QED) is 0.380. The molecule has 4 aromatic rings. The second-order valence-electron chi connectivity index (χ2n) is 7.09. The molecule has 0 saturated carbocycles. The first kappa shape index (κ1) is 23.6. The number of halogens is 1. The molecule has 8 nitrogen and oxygen atoms in total. The lowest BCUT2D eigenvalue weighted by Crippen LogP contribution is -2.02. The summed E-state index contributed by atoms with van der Waals surface area (Å²) in [5.74, 6) is -1.72. The highest BCUT2D eigenvalue weighted by Crippen LogP contribution is 2.33. The first-order valence-electron chi connectivity index (χ1n) is 9.97. The van der Waals surface area contributed by atoms with Crippen molar-refractivity contribution < 1.29 is 19.8 Å². The van der Waals surface area contributed by atoms with Crippen molar-refractivity contribution >= 4 is 40.1 Å². The minimum atomic E-state index is -1.08. The van der Waals surface area contributed by atoms with Gasteiger partial charge in [0, 0.05) is 34.6 Å². The molecule has 2 aromatic heterocycles. The molecular weight excluding hydrogens is 444 g/mol. The van der Waals surface area contributed by atoms with Crippen LogP contribution in [0.2, 0.25) is 5.02 Å². The van der Waals surface area contributed by atoms with Gasteiger partial charge in [-0.2, -0.15) is 5.10 Å². The second-order valence-corrected chi connectivity index (χ2v) is 7.52. The van der Waals surface area contributed by atoms with Crippen LogP contribution in [0, 0.1) is 0 Å². The third-order valence-corrected chi connectivity index (χ3v) is 4.99. The predicted molar refractivity (Wildman–Crippen MR) is 126 cm³/mol. The molecule has 0 aliphatic carbocycles. The summed E-state index contributed by atoms with van der Waals surface area (Å²) in [6.45, 7) is 0. The summed E-state index contributed by atoms with van der Waals surface area (Å²) in [6, 6.07) is 17.8. The van der Waals surface area contributed by atoms with Crippen LogP contribution in [0.5, 0.6) is 0 Å². The topological polar surface area (TPSA) is 139 Å². The zero-order valence-electron chi connectivity index (χ0n) is 17.5. The van der Waals surface area contributed by atoms with Gasteiger partial charge in [-0.15, -0.1) is 5.10 Å². The second kappa shape index (κ2) is 11.0. The Balaban J connectivity index is 0.000000331. The smallest absolute Gasteiger partial charge is 0.303 e. The van der Waals surface area contributed by atoms with Crippen molar-refractivity contribution in [3.63, 3.8) is 0 Å². The van der Waals surface area contributed by atoms with E-state index in [1.165, 1.54) is 0 Å². The first-order chi connectivity index (χ1) is 15.8. The monoisotopic (exact) mass is 464 g/mol. The van der Waals surface area contributed by atoms with Crippen molar-refractivity contribution in [3.05, 3.63) is 83.3 Å². The molecule has 4 N–H and O–H groups in total. The fourth-order valence-corrected chi connectivity index (χ4v) is 3.32. The van der Waals surface area contributed by atoms with E-state index in [1.54, 1.807) is 12.4 Å². The highest BCUT2D eigenvalue weighted by atomic mass is 35.5. The average Bonchev–Trinajstić information content (AvgIpc) is 2.81. The number of fused-ring (bicyclic) bond motifs is 1. The number of aliphatic carboxylic acids is 2. The maximum Gasteiger partial charge on any atom is 0.303 e. The number of benzene rings is 2. The van der Waals surface area contributed by atoms with Gasteiger partial charge >= 0.3 is 11.9 Å². The number of carbonyl (C=O) groups is 2. The molecule has 2 aromatic carbocycles. The summed E-state index contributed by atoms with van der Waals surface area (Å²) >= 11 is 6.03. The van der Waals surface area contributed by atoms with Gasteiger partial charge in [0.25, 0.3) is 0 Å². The van der Waals surface area contributed by atoms with Crippen molar-refractivity contribution in [1.82, 2.24) is 15.2 Å². The molecule has 0 aliphatic heterocycles. The minimum Gasteiger partial charge on any atom is -0.481 e. The number of pyridine rings is 1. The number of aromatic nitrogens is 3. The van der Waals surface area contributed by atoms with Gasteiger partial charge in [-0.05, 0) is 41.0 Å². The Morgan fingerprint density at radius 2 is 1.52 bits per heavy atom. The van der Waals surface area contributed by atoms with Gasteiger partial charge in [-0.25, -0.2) is 0 Å². The van der Waals surface area contributed by atoms with Gasteiger partial charge < -0.3 is 15.9 Å². The zero-order valence-corrected chi connectivity index (χ0v) is 18.2. The molecule has 0 spiro atoms. The highest BCUT2D eigenvalue weighted by Gasteiger charge is 2.13. The van der Waals surface area contributed by atoms with Gasteiger partial charge in [0.05, 0.1) is 18.5 Å². The van der Waals surface area contributed by atoms with Crippen LogP contribution in [0.25, 0.3) is 21.9 Å². The number of anilines is 1. The number of carboxylic acid groups (broad SMARTS) is 2. The summed E-state index contributed by atoms with van der Waals surface area (Å²) in [7, 11) is 0. The summed E-state index contributed by atoms with van der Waals surface area (Å²) in [6.07, 6.45) is 3.63. The Hall–Kier alpha value is -4.04. The Kier molecular flexibility index (Phi) is 7.88. The van der Waals surface area contributed by atoms with E-state index in [2.05, 4.69) is 21.2 Å². The number of nitrogens with two attached hydrogens (primary N) is 1. The van der Waals surface area contributed by atoms with Gasteiger partial charge in [0.1, 0.15) is 0 Å². The molecule has 168 valence electrons. The van der Waals surface area contributed by atoms with Gasteiger partial charge in [-0.1, -0.05) is 41.9 Å². The van der Waals surface area contributed by atoms with E-state index in [4.69, 9.17) is 27.5 Å². The fraction of sp³-hybridized carbons (Fsp3) is 0.125. The standard InChI is InChI=1S/C20H15ClN4.C4H6O4/c21-15-6-4-14(5-7-15)16-2-1-3-17-19(16)18(24-25-20(17)22)12-13-8-10-23-11-9-13;5-3(6)1-2-4(7)8/h1-11H,12H2,(H2,22,25);1-2H2,(H,5,6)(H,7,8). The van der Waals surface area contributed by atoms with Crippen LogP contribution in [-0.2, 0) is 16.0 Å². The molecule has 9 heteroatoms. The third kappa shape index (κ3) is 6.47. The summed E-state index contributed by atoms with van der Waals surface area (Å²) in [4.78, 5) is 23.3. The lowest BCUT2D eigenvalue weighted by molar-refractivity contribution is -0.143. The van der Waals surface area contributed by atoms with E-state index in [0.29, 0.717) is 17.3 Å². The largest absolute Gasteiger partial charge is 0.481 e. The van der Waals surface area contributed by atoms with Crippen LogP contribution in [0.4, 0.5) is 5.82 Å². The van der Waals surface area contributed by atoms with Crippen LogP contribution in [0.3, 0.4) is 0 Å². The van der Waals surface area contributed by atoms with E-state index in [9.17, 15) is 9.59 Å². The average molecular weight is 465 g/mol. The Morgan fingerprint density at radius 1 is 0.879 bits per heavy atom. The number of hydrogen-bond donors (Lipinski definition) is 3. The summed E-state index contributed by atoms with van der Waals surface area (Å²) < 4.78 is 0. The molecule has 0 saturated heterocycles. The number of carboxylic acids is 2. The summed E-state index contributed by atoms with van der Waals surface area (Å²) in [5.41, 5.74) is 10.2. The molecule has 0 aliphatic rings. The van der Waals surface area contributed by atoms with Crippen LogP contribution >= 0.6 is 11.6 Å². The number of nitrogens with zero attached hydrogens (tertiary/aromatic N) is 3. The molecule has 0 bridgehead atoms.